The van der Waals surface area contributed by atoms with Gasteiger partial charge in [0.2, 0.25) is 0 Å². The summed E-state index contributed by atoms with van der Waals surface area (Å²) in [5, 5.41) is 3.19. The van der Waals surface area contributed by atoms with E-state index in [1.54, 1.807) is 20.4 Å². The Morgan fingerprint density at radius 3 is 2.83 bits per heavy atom. The van der Waals surface area contributed by atoms with Crippen molar-refractivity contribution in [3.8, 4) is 0 Å². The van der Waals surface area contributed by atoms with Gasteiger partial charge in [-0.2, -0.15) is 0 Å². The summed E-state index contributed by atoms with van der Waals surface area (Å²) in [4.78, 5) is 4.59. The molecule has 0 bridgehead atoms. The maximum Gasteiger partial charge on any atom is 0.136 e. The van der Waals surface area contributed by atoms with Crippen LogP contribution in [0.3, 0.4) is 0 Å². The summed E-state index contributed by atoms with van der Waals surface area (Å²) in [6, 6.07) is 1.88. The van der Waals surface area contributed by atoms with Crippen molar-refractivity contribution in [2.24, 2.45) is 5.73 Å². The maximum absolute atomic E-state index is 5.71. The number of hydrogen-bond donors (Lipinski definition) is 2. The Hall–Kier alpha value is -1.24. The molecule has 0 spiro atoms. The fourth-order valence-corrected chi connectivity index (χ4v) is 1.87. The molecule has 5 nitrogen and oxygen atoms in total. The van der Waals surface area contributed by atoms with Gasteiger partial charge in [-0.25, -0.2) is 4.98 Å². The lowest BCUT2D eigenvalue weighted by atomic mass is 10.1. The molecule has 1 rings (SSSR count). The third-order valence-electron chi connectivity index (χ3n) is 2.59. The zero-order valence-electron chi connectivity index (χ0n) is 10.9. The molecule has 0 saturated carbocycles. The zero-order chi connectivity index (χ0) is 13.5. The van der Waals surface area contributed by atoms with Crippen molar-refractivity contribution in [3.05, 3.63) is 23.4 Å². The minimum absolute atomic E-state index is 0.0449. The van der Waals surface area contributed by atoms with Crippen molar-refractivity contribution in [2.45, 2.75) is 13.0 Å². The molecule has 0 amide bonds. The molecule has 1 unspecified atom stereocenters. The minimum atomic E-state index is -0.0449. The molecule has 1 atom stereocenters. The van der Waals surface area contributed by atoms with Gasteiger partial charge in [0.05, 0.1) is 18.3 Å². The molecule has 0 radical (unpaired) electrons. The van der Waals surface area contributed by atoms with Gasteiger partial charge in [-0.15, -0.1) is 0 Å². The smallest absolute Gasteiger partial charge is 0.136 e. The molecule has 3 N–H and O–H groups in total. The average Bonchev–Trinajstić information content (AvgIpc) is 2.33. The monoisotopic (exact) mass is 269 g/mol. The first-order valence-electron chi connectivity index (χ1n) is 5.61. The van der Waals surface area contributed by atoms with Crippen molar-refractivity contribution in [1.82, 2.24) is 4.98 Å². The van der Waals surface area contributed by atoms with Crippen molar-refractivity contribution in [2.75, 3.05) is 32.7 Å². The van der Waals surface area contributed by atoms with Crippen LogP contribution >= 0.6 is 12.2 Å². The third-order valence-corrected chi connectivity index (χ3v) is 2.79. The lowest BCUT2D eigenvalue weighted by molar-refractivity contribution is 0.0365. The number of pyridine rings is 1. The van der Waals surface area contributed by atoms with Crippen LogP contribution < -0.4 is 11.1 Å². The molecular weight excluding hydrogens is 250 g/mol. The number of methoxy groups -OCH3 is 2. The van der Waals surface area contributed by atoms with Gasteiger partial charge >= 0.3 is 0 Å². The van der Waals surface area contributed by atoms with E-state index in [0.717, 1.165) is 11.1 Å². The van der Waals surface area contributed by atoms with E-state index in [4.69, 9.17) is 27.4 Å². The van der Waals surface area contributed by atoms with E-state index < -0.39 is 0 Å². The Bertz CT molecular complexity index is 412. The van der Waals surface area contributed by atoms with E-state index in [1.807, 2.05) is 13.0 Å². The highest BCUT2D eigenvalue weighted by Crippen LogP contribution is 2.16. The number of aryl methyl sites for hydroxylation is 1. The largest absolute Gasteiger partial charge is 0.389 e. The van der Waals surface area contributed by atoms with Crippen molar-refractivity contribution < 1.29 is 9.47 Å². The van der Waals surface area contributed by atoms with Crippen LogP contribution in [0.2, 0.25) is 0 Å². The molecule has 0 aliphatic rings. The van der Waals surface area contributed by atoms with Gasteiger partial charge in [0, 0.05) is 27.0 Å². The minimum Gasteiger partial charge on any atom is -0.389 e. The van der Waals surface area contributed by atoms with Gasteiger partial charge in [0.1, 0.15) is 10.8 Å². The van der Waals surface area contributed by atoms with Gasteiger partial charge in [0.15, 0.2) is 0 Å². The Morgan fingerprint density at radius 2 is 2.28 bits per heavy atom. The Morgan fingerprint density at radius 1 is 1.56 bits per heavy atom. The van der Waals surface area contributed by atoms with Crippen LogP contribution in [-0.4, -0.2) is 43.4 Å². The fourth-order valence-electron chi connectivity index (χ4n) is 1.61. The van der Waals surface area contributed by atoms with E-state index >= 15 is 0 Å². The first-order chi connectivity index (χ1) is 8.60. The summed E-state index contributed by atoms with van der Waals surface area (Å²) in [6.45, 7) is 3.04. The number of thiocarbonyl (C=S) groups is 1. The van der Waals surface area contributed by atoms with E-state index in [-0.39, 0.29) is 6.10 Å². The van der Waals surface area contributed by atoms with Crippen LogP contribution in [0, 0.1) is 6.92 Å². The Labute approximate surface area is 113 Å². The number of ether oxygens (including phenoxy) is 2. The summed E-state index contributed by atoms with van der Waals surface area (Å²) in [7, 11) is 3.28. The van der Waals surface area contributed by atoms with Gasteiger partial charge in [-0.1, -0.05) is 12.2 Å². The summed E-state index contributed by atoms with van der Waals surface area (Å²) in [5.41, 5.74) is 7.49. The van der Waals surface area contributed by atoms with Crippen molar-refractivity contribution in [3.63, 3.8) is 0 Å². The van der Waals surface area contributed by atoms with Crippen LogP contribution in [0.15, 0.2) is 12.3 Å². The SMILES string of the molecule is COCC(CNc1nccc(C)c1C(N)=S)OC. The molecular formula is C12H19N3O2S. The summed E-state index contributed by atoms with van der Waals surface area (Å²) in [6.07, 6.45) is 1.67. The molecule has 0 saturated heterocycles. The number of nitrogens with one attached hydrogen (secondary N) is 1. The predicted molar refractivity (Wildman–Crippen MR) is 76.0 cm³/mol. The molecule has 0 aliphatic carbocycles. The molecule has 0 fully saturated rings. The lowest BCUT2D eigenvalue weighted by Gasteiger charge is -2.17. The van der Waals surface area contributed by atoms with Gasteiger partial charge in [-0.05, 0) is 18.6 Å². The Kier molecular flexibility index (Phi) is 5.97. The van der Waals surface area contributed by atoms with Gasteiger partial charge in [0.25, 0.3) is 0 Å². The fraction of sp³-hybridized carbons (Fsp3) is 0.500. The molecule has 0 aliphatic heterocycles. The quantitative estimate of drug-likeness (QED) is 0.722. The van der Waals surface area contributed by atoms with Crippen LogP contribution in [0.5, 0.6) is 0 Å². The van der Waals surface area contributed by atoms with Crippen molar-refractivity contribution >= 4 is 23.0 Å². The highest BCUT2D eigenvalue weighted by Gasteiger charge is 2.12. The topological polar surface area (TPSA) is 69.4 Å². The molecule has 18 heavy (non-hydrogen) atoms. The number of nitrogens with two attached hydrogens (primary N) is 1. The highest BCUT2D eigenvalue weighted by atomic mass is 32.1. The summed E-state index contributed by atoms with van der Waals surface area (Å²) in [5.74, 6) is 0.681. The molecule has 100 valence electrons. The number of nitrogens with zero attached hydrogens (tertiary/aromatic N) is 1. The normalized spacial score (nSPS) is 12.2. The second kappa shape index (κ2) is 7.25. The van der Waals surface area contributed by atoms with Crippen LogP contribution in [0.4, 0.5) is 5.82 Å². The first kappa shape index (κ1) is 14.8. The van der Waals surface area contributed by atoms with Gasteiger partial charge < -0.3 is 20.5 Å². The number of rotatable bonds is 7. The molecule has 1 aromatic rings. The van der Waals surface area contributed by atoms with E-state index in [1.165, 1.54) is 0 Å². The van der Waals surface area contributed by atoms with E-state index in [9.17, 15) is 0 Å². The molecule has 6 heteroatoms. The summed E-state index contributed by atoms with van der Waals surface area (Å²) < 4.78 is 10.3. The highest BCUT2D eigenvalue weighted by molar-refractivity contribution is 7.80. The van der Waals surface area contributed by atoms with Crippen LogP contribution in [-0.2, 0) is 9.47 Å². The maximum atomic E-state index is 5.71. The average molecular weight is 269 g/mol. The standard InChI is InChI=1S/C12H19N3O2S/c1-8-4-5-14-12(10(8)11(13)18)15-6-9(17-3)7-16-2/h4-5,9H,6-7H2,1-3H3,(H2,13,18)(H,14,15). The second-order valence-corrected chi connectivity index (χ2v) is 4.35. The zero-order valence-corrected chi connectivity index (χ0v) is 11.7. The lowest BCUT2D eigenvalue weighted by Crippen LogP contribution is -2.28. The number of aromatic nitrogens is 1. The molecule has 1 aromatic heterocycles. The van der Waals surface area contributed by atoms with Crippen LogP contribution in [0.25, 0.3) is 0 Å². The van der Waals surface area contributed by atoms with Crippen LogP contribution in [0.1, 0.15) is 11.1 Å². The van der Waals surface area contributed by atoms with E-state index in [0.29, 0.717) is 24.0 Å². The Balaban J connectivity index is 2.78. The van der Waals surface area contributed by atoms with Gasteiger partial charge in [-0.3, -0.25) is 0 Å². The van der Waals surface area contributed by atoms with Crippen molar-refractivity contribution in [1.29, 1.82) is 0 Å². The summed E-state index contributed by atoms with van der Waals surface area (Å²) >= 11 is 5.04. The third kappa shape index (κ3) is 3.90. The first-order valence-corrected chi connectivity index (χ1v) is 6.02. The molecule has 0 aromatic carbocycles. The predicted octanol–water partition coefficient (Wildman–Crippen LogP) is 1.10. The second-order valence-electron chi connectivity index (χ2n) is 3.91. The van der Waals surface area contributed by atoms with E-state index in [2.05, 4.69) is 10.3 Å². The number of hydrogen-bond acceptors (Lipinski definition) is 5. The molecule has 1 heterocycles. The number of anilines is 1.